The van der Waals surface area contributed by atoms with E-state index in [1.54, 1.807) is 30.3 Å². The number of fused-ring (bicyclic) bond motifs is 1. The van der Waals surface area contributed by atoms with E-state index in [-0.39, 0.29) is 38.1 Å². The van der Waals surface area contributed by atoms with Crippen LogP contribution in [0.25, 0.3) is 0 Å². The van der Waals surface area contributed by atoms with Gasteiger partial charge in [-0.05, 0) is 31.4 Å². The first kappa shape index (κ1) is 24.4. The molecule has 0 aromatic heterocycles. The quantitative estimate of drug-likeness (QED) is 0.401. The van der Waals surface area contributed by atoms with Crippen LogP contribution in [-0.2, 0) is 23.9 Å². The van der Waals surface area contributed by atoms with E-state index in [4.69, 9.17) is 21.1 Å². The fourth-order valence-electron chi connectivity index (χ4n) is 5.67. The fourth-order valence-corrected chi connectivity index (χ4v) is 5.91. The van der Waals surface area contributed by atoms with Crippen molar-refractivity contribution >= 4 is 35.1 Å². The molecule has 3 saturated heterocycles. The van der Waals surface area contributed by atoms with E-state index in [0.29, 0.717) is 30.0 Å². The average Bonchev–Trinajstić information content (AvgIpc) is 3.47. The normalized spacial score (nSPS) is 29.1. The molecule has 1 N–H and O–H groups in total. The summed E-state index contributed by atoms with van der Waals surface area (Å²) >= 11 is 6.41. The number of likely N-dealkylation sites (tertiary alicyclic amines) is 1. The molecule has 1 aromatic carbocycles. The highest BCUT2D eigenvalue weighted by Crippen LogP contribution is 2.59. The summed E-state index contributed by atoms with van der Waals surface area (Å²) in [5.41, 5.74) is -0.648. The molecule has 0 saturated carbocycles. The van der Waals surface area contributed by atoms with Crippen molar-refractivity contribution in [1.29, 1.82) is 0 Å². The van der Waals surface area contributed by atoms with E-state index in [1.807, 2.05) is 0 Å². The molecule has 2 unspecified atom stereocenters. The van der Waals surface area contributed by atoms with E-state index in [0.717, 1.165) is 0 Å². The topological polar surface area (TPSA) is 96.4 Å². The second-order valence-corrected chi connectivity index (χ2v) is 9.18. The van der Waals surface area contributed by atoms with Crippen LogP contribution in [0.1, 0.15) is 19.3 Å². The van der Waals surface area contributed by atoms with Crippen molar-refractivity contribution < 1.29 is 29.0 Å². The Bertz CT molecular complexity index is 999. The third-order valence-electron chi connectivity index (χ3n) is 6.93. The highest BCUT2D eigenvalue weighted by molar-refractivity contribution is 6.34. The second kappa shape index (κ2) is 9.90. The molecule has 2 amide bonds. The highest BCUT2D eigenvalue weighted by Gasteiger charge is 2.75. The standard InChI is InChI=1S/C25H29ClN2O6/c1-3-12-27(17-9-6-5-8-16(17)26)23(31)21-25-11-10-18(34-25)19(24(32)33-15-4-2)20(25)22(30)28(21)13-7-14-29/h3-6,8-9,18-21,29H,1-2,7,10-15H2/t18-,19+,20+,21?,25?/m1/s1. The van der Waals surface area contributed by atoms with E-state index in [1.165, 1.54) is 15.9 Å². The molecule has 5 atom stereocenters. The van der Waals surface area contributed by atoms with Crippen LogP contribution in [0.15, 0.2) is 49.6 Å². The maximum atomic E-state index is 14.1. The van der Waals surface area contributed by atoms with Gasteiger partial charge in [-0.25, -0.2) is 0 Å². The van der Waals surface area contributed by atoms with Crippen LogP contribution in [0.2, 0.25) is 5.02 Å². The molecule has 4 rings (SSSR count). The van der Waals surface area contributed by atoms with E-state index in [9.17, 15) is 19.5 Å². The van der Waals surface area contributed by atoms with Crippen LogP contribution in [0.4, 0.5) is 5.69 Å². The van der Waals surface area contributed by atoms with Gasteiger partial charge in [-0.1, -0.05) is 42.5 Å². The number of rotatable bonds is 10. The lowest BCUT2D eigenvalue weighted by Crippen LogP contribution is -2.56. The van der Waals surface area contributed by atoms with Crippen molar-refractivity contribution in [2.45, 2.75) is 37.0 Å². The smallest absolute Gasteiger partial charge is 0.312 e. The number of amides is 2. The monoisotopic (exact) mass is 488 g/mol. The number of para-hydroxylation sites is 1. The molecule has 1 aromatic rings. The van der Waals surface area contributed by atoms with Gasteiger partial charge in [0, 0.05) is 19.7 Å². The summed E-state index contributed by atoms with van der Waals surface area (Å²) in [5, 5.41) is 9.83. The number of carbonyl (C=O) groups excluding carboxylic acids is 3. The first-order valence-electron chi connectivity index (χ1n) is 11.4. The van der Waals surface area contributed by atoms with Crippen LogP contribution < -0.4 is 4.90 Å². The van der Waals surface area contributed by atoms with E-state index in [2.05, 4.69) is 13.2 Å². The van der Waals surface area contributed by atoms with Crippen LogP contribution in [-0.4, -0.2) is 71.8 Å². The summed E-state index contributed by atoms with van der Waals surface area (Å²) in [4.78, 5) is 43.7. The van der Waals surface area contributed by atoms with Gasteiger partial charge in [0.2, 0.25) is 5.91 Å². The Hall–Kier alpha value is -2.68. The number of hydrogen-bond donors (Lipinski definition) is 1. The molecule has 2 bridgehead atoms. The minimum atomic E-state index is -1.15. The molecular formula is C25H29ClN2O6. The predicted molar refractivity (Wildman–Crippen MR) is 126 cm³/mol. The lowest BCUT2D eigenvalue weighted by Gasteiger charge is -2.37. The third kappa shape index (κ3) is 3.83. The van der Waals surface area contributed by atoms with Gasteiger partial charge in [0.15, 0.2) is 0 Å². The summed E-state index contributed by atoms with van der Waals surface area (Å²) < 4.78 is 11.6. The van der Waals surface area contributed by atoms with Crippen molar-refractivity contribution in [3.63, 3.8) is 0 Å². The van der Waals surface area contributed by atoms with Crippen molar-refractivity contribution in [3.8, 4) is 0 Å². The number of aliphatic hydroxyl groups excluding tert-OH is 1. The maximum absolute atomic E-state index is 14.1. The summed E-state index contributed by atoms with van der Waals surface area (Å²) in [6.45, 7) is 7.57. The Morgan fingerprint density at radius 2 is 2.09 bits per heavy atom. The average molecular weight is 489 g/mol. The molecule has 3 aliphatic heterocycles. The third-order valence-corrected chi connectivity index (χ3v) is 7.25. The van der Waals surface area contributed by atoms with Gasteiger partial charge in [0.1, 0.15) is 18.2 Å². The largest absolute Gasteiger partial charge is 0.461 e. The first-order valence-corrected chi connectivity index (χ1v) is 11.8. The molecule has 9 heteroatoms. The summed E-state index contributed by atoms with van der Waals surface area (Å²) in [5.74, 6) is -2.82. The number of nitrogens with zero attached hydrogens (tertiary/aromatic N) is 2. The highest BCUT2D eigenvalue weighted by atomic mass is 35.5. The minimum absolute atomic E-state index is 0.0339. The molecule has 0 aliphatic carbocycles. The van der Waals surface area contributed by atoms with Gasteiger partial charge in [0.25, 0.3) is 5.91 Å². The van der Waals surface area contributed by atoms with Gasteiger partial charge >= 0.3 is 5.97 Å². The minimum Gasteiger partial charge on any atom is -0.461 e. The molecule has 3 fully saturated rings. The first-order chi connectivity index (χ1) is 16.4. The molecular weight excluding hydrogens is 460 g/mol. The number of carbonyl (C=O) groups is 3. The predicted octanol–water partition coefficient (Wildman–Crippen LogP) is 2.35. The molecule has 1 spiro atoms. The van der Waals surface area contributed by atoms with Gasteiger partial charge in [-0.15, -0.1) is 6.58 Å². The number of aliphatic hydroxyl groups is 1. The van der Waals surface area contributed by atoms with Gasteiger partial charge in [-0.2, -0.15) is 0 Å². The van der Waals surface area contributed by atoms with E-state index < -0.39 is 35.6 Å². The molecule has 34 heavy (non-hydrogen) atoms. The lowest BCUT2D eigenvalue weighted by molar-refractivity contribution is -0.154. The second-order valence-electron chi connectivity index (χ2n) is 8.77. The van der Waals surface area contributed by atoms with Gasteiger partial charge in [0.05, 0.1) is 28.6 Å². The summed E-state index contributed by atoms with van der Waals surface area (Å²) in [6, 6.07) is 6.00. The molecule has 3 aliphatic rings. The Kier molecular flexibility index (Phi) is 7.12. The number of benzene rings is 1. The SMILES string of the molecule is C=CCOC(=O)[C@@H]1[C@H]2C(=O)N(CCCO)C(C(=O)N(CC=C)c3ccccc3Cl)C23CC[C@H]1O3. The summed E-state index contributed by atoms with van der Waals surface area (Å²) in [6.07, 6.45) is 3.87. The van der Waals surface area contributed by atoms with Crippen molar-refractivity contribution in [2.24, 2.45) is 11.8 Å². The van der Waals surface area contributed by atoms with E-state index >= 15 is 0 Å². The fraction of sp³-hybridized carbons (Fsp3) is 0.480. The number of anilines is 1. The Morgan fingerprint density at radius 1 is 1.32 bits per heavy atom. The lowest BCUT2D eigenvalue weighted by atomic mass is 9.70. The maximum Gasteiger partial charge on any atom is 0.312 e. The number of hydrogen-bond acceptors (Lipinski definition) is 6. The molecule has 3 heterocycles. The van der Waals surface area contributed by atoms with Crippen LogP contribution >= 0.6 is 11.6 Å². The number of halogens is 1. The molecule has 0 radical (unpaired) electrons. The zero-order valence-corrected chi connectivity index (χ0v) is 19.7. The van der Waals surface area contributed by atoms with Crippen LogP contribution in [0.5, 0.6) is 0 Å². The number of ether oxygens (including phenoxy) is 2. The van der Waals surface area contributed by atoms with Crippen molar-refractivity contribution in [1.82, 2.24) is 4.90 Å². The van der Waals surface area contributed by atoms with Gasteiger partial charge < -0.3 is 24.4 Å². The van der Waals surface area contributed by atoms with Gasteiger partial charge in [-0.3, -0.25) is 14.4 Å². The molecule has 8 nitrogen and oxygen atoms in total. The molecule has 182 valence electrons. The number of esters is 1. The van der Waals surface area contributed by atoms with Crippen LogP contribution in [0, 0.1) is 11.8 Å². The summed E-state index contributed by atoms with van der Waals surface area (Å²) in [7, 11) is 0. The van der Waals surface area contributed by atoms with Crippen molar-refractivity contribution in [3.05, 3.63) is 54.6 Å². The Labute approximate surface area is 203 Å². The zero-order valence-electron chi connectivity index (χ0n) is 18.9. The Morgan fingerprint density at radius 3 is 2.76 bits per heavy atom. The zero-order chi connectivity index (χ0) is 24.5. The van der Waals surface area contributed by atoms with Crippen molar-refractivity contribution in [2.75, 3.05) is 31.2 Å². The van der Waals surface area contributed by atoms with Crippen LogP contribution in [0.3, 0.4) is 0 Å². The Balaban J connectivity index is 1.75.